The van der Waals surface area contributed by atoms with Gasteiger partial charge in [0, 0.05) is 17.1 Å². The number of fused-ring (bicyclic) bond motifs is 1. The number of alkyl carbamates (subject to hydrolysis) is 1. The summed E-state index contributed by atoms with van der Waals surface area (Å²) in [7, 11) is 0. The van der Waals surface area contributed by atoms with Crippen LogP contribution in [0.15, 0.2) is 30.5 Å². The van der Waals surface area contributed by atoms with E-state index in [1.54, 1.807) is 33.9 Å². The molecule has 0 bridgehead atoms. The lowest BCUT2D eigenvalue weighted by atomic mass is 9.91. The van der Waals surface area contributed by atoms with Crippen LogP contribution in [0.4, 0.5) is 4.79 Å². The molecular formula is C16H20N2O3. The van der Waals surface area contributed by atoms with Gasteiger partial charge in [0.05, 0.1) is 0 Å². The average molecular weight is 288 g/mol. The molecule has 0 aliphatic rings. The van der Waals surface area contributed by atoms with Crippen molar-refractivity contribution in [3.05, 3.63) is 36.0 Å². The summed E-state index contributed by atoms with van der Waals surface area (Å²) in [4.78, 5) is 26.7. The van der Waals surface area contributed by atoms with Crippen LogP contribution in [-0.2, 0) is 15.1 Å². The molecule has 2 N–H and O–H groups in total. The molecule has 1 amide bonds. The van der Waals surface area contributed by atoms with E-state index in [0.717, 1.165) is 22.8 Å². The van der Waals surface area contributed by atoms with Gasteiger partial charge in [-0.15, -0.1) is 0 Å². The normalized spacial score (nSPS) is 14.5. The highest BCUT2D eigenvalue weighted by atomic mass is 16.6. The van der Waals surface area contributed by atoms with Gasteiger partial charge in [-0.25, -0.2) is 4.79 Å². The number of aromatic nitrogens is 1. The van der Waals surface area contributed by atoms with Crippen LogP contribution >= 0.6 is 0 Å². The Labute approximate surface area is 123 Å². The summed E-state index contributed by atoms with van der Waals surface area (Å²) in [6, 6.07) is 7.45. The Bertz CT molecular complexity index is 669. The molecule has 0 fully saturated rings. The fraction of sp³-hybridized carbons (Fsp3) is 0.375. The Morgan fingerprint density at radius 2 is 1.95 bits per heavy atom. The molecule has 0 aliphatic carbocycles. The fourth-order valence-corrected chi connectivity index (χ4v) is 2.21. The van der Waals surface area contributed by atoms with Crippen molar-refractivity contribution in [3.8, 4) is 0 Å². The first kappa shape index (κ1) is 15.1. The van der Waals surface area contributed by atoms with E-state index in [0.29, 0.717) is 0 Å². The van der Waals surface area contributed by atoms with E-state index in [9.17, 15) is 9.59 Å². The number of aromatic amines is 1. The fourth-order valence-electron chi connectivity index (χ4n) is 2.21. The Balaban J connectivity index is 2.35. The van der Waals surface area contributed by atoms with E-state index in [1.165, 1.54) is 0 Å². The number of amides is 1. The first-order valence-electron chi connectivity index (χ1n) is 6.79. The van der Waals surface area contributed by atoms with Gasteiger partial charge in [-0.05, 0) is 45.4 Å². The molecule has 5 nitrogen and oxygen atoms in total. The number of ether oxygens (including phenoxy) is 1. The number of H-pyrrole nitrogens is 1. The summed E-state index contributed by atoms with van der Waals surface area (Å²) in [5, 5.41) is 3.55. The van der Waals surface area contributed by atoms with E-state index in [-0.39, 0.29) is 0 Å². The quantitative estimate of drug-likeness (QED) is 0.852. The topological polar surface area (TPSA) is 71.2 Å². The molecular weight excluding hydrogens is 268 g/mol. The second-order valence-electron chi connectivity index (χ2n) is 6.19. The van der Waals surface area contributed by atoms with Crippen molar-refractivity contribution in [2.24, 2.45) is 0 Å². The van der Waals surface area contributed by atoms with E-state index >= 15 is 0 Å². The highest BCUT2D eigenvalue weighted by Gasteiger charge is 2.32. The van der Waals surface area contributed by atoms with Crippen LogP contribution in [0.2, 0.25) is 0 Å². The van der Waals surface area contributed by atoms with Gasteiger partial charge in [-0.3, -0.25) is 0 Å². The third-order valence-electron chi connectivity index (χ3n) is 3.15. The van der Waals surface area contributed by atoms with Crippen LogP contribution in [0.25, 0.3) is 10.9 Å². The minimum atomic E-state index is -1.15. The molecule has 1 atom stereocenters. The number of aldehydes is 1. The Kier molecular flexibility index (Phi) is 3.77. The molecule has 2 rings (SSSR count). The molecule has 0 saturated carbocycles. The third-order valence-corrected chi connectivity index (χ3v) is 3.15. The Morgan fingerprint density at radius 3 is 2.57 bits per heavy atom. The Morgan fingerprint density at radius 1 is 1.24 bits per heavy atom. The number of benzene rings is 1. The molecule has 0 spiro atoms. The molecule has 0 saturated heterocycles. The zero-order valence-electron chi connectivity index (χ0n) is 12.7. The number of rotatable bonds is 3. The maximum absolute atomic E-state index is 12.0. The van der Waals surface area contributed by atoms with Gasteiger partial charge >= 0.3 is 6.09 Å². The van der Waals surface area contributed by atoms with Gasteiger partial charge < -0.3 is 19.8 Å². The van der Waals surface area contributed by atoms with Crippen LogP contribution in [0.1, 0.15) is 33.3 Å². The van der Waals surface area contributed by atoms with Gasteiger partial charge in [0.1, 0.15) is 17.4 Å². The smallest absolute Gasteiger partial charge is 0.408 e. The Hall–Kier alpha value is -2.30. The van der Waals surface area contributed by atoms with E-state index in [2.05, 4.69) is 10.3 Å². The molecule has 1 aromatic carbocycles. The van der Waals surface area contributed by atoms with Crippen molar-refractivity contribution in [2.45, 2.75) is 38.8 Å². The van der Waals surface area contributed by atoms with E-state index in [4.69, 9.17) is 4.74 Å². The van der Waals surface area contributed by atoms with Crippen LogP contribution < -0.4 is 5.32 Å². The number of hydrogen-bond donors (Lipinski definition) is 2. The van der Waals surface area contributed by atoms with Gasteiger partial charge in [0.2, 0.25) is 0 Å². The number of hydrogen-bond acceptors (Lipinski definition) is 3. The number of nitrogens with one attached hydrogen (secondary N) is 2. The van der Waals surface area contributed by atoms with Crippen molar-refractivity contribution >= 4 is 23.3 Å². The lowest BCUT2D eigenvalue weighted by Gasteiger charge is -2.28. The van der Waals surface area contributed by atoms with Crippen LogP contribution in [-0.4, -0.2) is 23.0 Å². The monoisotopic (exact) mass is 288 g/mol. The predicted octanol–water partition coefficient (Wildman–Crippen LogP) is 3.11. The number of carbonyl (C=O) groups excluding carboxylic acids is 2. The summed E-state index contributed by atoms with van der Waals surface area (Å²) < 4.78 is 5.23. The molecule has 0 aliphatic heterocycles. The van der Waals surface area contributed by atoms with Crippen molar-refractivity contribution in [1.29, 1.82) is 0 Å². The van der Waals surface area contributed by atoms with Gasteiger partial charge in [-0.1, -0.05) is 12.1 Å². The molecule has 5 heteroatoms. The zero-order valence-corrected chi connectivity index (χ0v) is 12.7. The van der Waals surface area contributed by atoms with E-state index < -0.39 is 17.2 Å². The van der Waals surface area contributed by atoms with Crippen LogP contribution in [0.5, 0.6) is 0 Å². The zero-order chi connectivity index (χ0) is 15.7. The number of carbonyl (C=O) groups is 2. The minimum absolute atomic E-state index is 0.617. The molecule has 1 aromatic heterocycles. The first-order chi connectivity index (χ1) is 9.75. The lowest BCUT2D eigenvalue weighted by Crippen LogP contribution is -2.47. The summed E-state index contributed by atoms with van der Waals surface area (Å²) in [6.45, 7) is 6.98. The SMILES string of the molecule is CC(C)(C)OC(=O)NC(C)(C=O)c1cccc2[nH]ccc12. The lowest BCUT2D eigenvalue weighted by molar-refractivity contribution is -0.113. The highest BCUT2D eigenvalue weighted by Crippen LogP contribution is 2.27. The van der Waals surface area contributed by atoms with Crippen LogP contribution in [0.3, 0.4) is 0 Å². The van der Waals surface area contributed by atoms with Crippen molar-refractivity contribution in [2.75, 3.05) is 0 Å². The minimum Gasteiger partial charge on any atom is -0.444 e. The van der Waals surface area contributed by atoms with Crippen LogP contribution in [0, 0.1) is 0 Å². The standard InChI is InChI=1S/C16H20N2O3/c1-15(2,3)21-14(20)18-16(4,10-19)12-6-5-7-13-11(12)8-9-17-13/h5-10,17H,1-4H3,(H,18,20). The van der Waals surface area contributed by atoms with Crippen molar-refractivity contribution in [3.63, 3.8) is 0 Å². The van der Waals surface area contributed by atoms with Gasteiger partial charge in [0.15, 0.2) is 0 Å². The summed E-state index contributed by atoms with van der Waals surface area (Å²) in [5.74, 6) is 0. The van der Waals surface area contributed by atoms with E-state index in [1.807, 2.05) is 24.3 Å². The van der Waals surface area contributed by atoms with Crippen molar-refractivity contribution < 1.29 is 14.3 Å². The van der Waals surface area contributed by atoms with Gasteiger partial charge in [0.25, 0.3) is 0 Å². The molecule has 21 heavy (non-hydrogen) atoms. The third kappa shape index (κ3) is 3.24. The maximum Gasteiger partial charge on any atom is 0.408 e. The summed E-state index contributed by atoms with van der Waals surface area (Å²) in [5.41, 5.74) is -0.133. The molecule has 1 heterocycles. The van der Waals surface area contributed by atoms with Gasteiger partial charge in [-0.2, -0.15) is 0 Å². The average Bonchev–Trinajstić information content (AvgIpc) is 2.83. The highest BCUT2D eigenvalue weighted by molar-refractivity contribution is 5.89. The molecule has 112 valence electrons. The second kappa shape index (κ2) is 5.24. The predicted molar refractivity (Wildman–Crippen MR) is 81.1 cm³/mol. The van der Waals surface area contributed by atoms with Crippen molar-refractivity contribution in [1.82, 2.24) is 10.3 Å². The summed E-state index contributed by atoms with van der Waals surface area (Å²) >= 11 is 0. The largest absolute Gasteiger partial charge is 0.444 e. The molecule has 0 radical (unpaired) electrons. The first-order valence-corrected chi connectivity index (χ1v) is 6.79. The molecule has 1 unspecified atom stereocenters. The summed E-state index contributed by atoms with van der Waals surface area (Å²) in [6.07, 6.45) is 1.90. The molecule has 2 aromatic rings. The maximum atomic E-state index is 12.0. The second-order valence-corrected chi connectivity index (χ2v) is 6.19.